The maximum Gasteiger partial charge on any atom is 1.00 e. The number of carboxylic acids is 1. The molecule has 0 bridgehead atoms. The Morgan fingerprint density at radius 3 is 1.01 bits per heavy atom. The van der Waals surface area contributed by atoms with E-state index in [2.05, 4.69) is 40.7 Å². The van der Waals surface area contributed by atoms with Gasteiger partial charge in [0.25, 0.3) is 47.3 Å². The summed E-state index contributed by atoms with van der Waals surface area (Å²) in [7, 11) is 0. The van der Waals surface area contributed by atoms with Crippen LogP contribution in [0.4, 0.5) is 33.2 Å². The average molecular weight is 1430 g/mol. The molecule has 9 aromatic rings. The van der Waals surface area contributed by atoms with Crippen LogP contribution in [0, 0.1) is 45.3 Å². The van der Waals surface area contributed by atoms with Crippen LogP contribution in [0.1, 0.15) is 161 Å². The molecule has 0 radical (unpaired) electrons. The average Bonchev–Trinajstić information content (AvgIpc) is 1.64. The van der Waals surface area contributed by atoms with Crippen LogP contribution in [-0.4, -0.2) is 75.9 Å². The smallest absolute Gasteiger partial charge is 1.00 e. The molecule has 0 saturated heterocycles. The van der Waals surface area contributed by atoms with Gasteiger partial charge in [-0.1, -0.05) is 109 Å². The number of hydrogen-bond donors (Lipinski definition) is 5. The molecule has 13 rings (SSSR count). The molecule has 9 aromatic carbocycles. The SMILES string of the molecule is CC(C)(C#N)c1cccc(N)c1.CC(C)(C#N)c1cccc(N2C(=O)c3ccccc3C2=O)c1.CC(C)(C(=O)O)c1cccc(N2C(=O)c3ccccc3C2=O)c1.CCOC(=O)N1C(=O)c2ccccc2C1=O.N#CCc1cccc(N)c1.N#CCc1cccc(N2C(=O)c3ccccc3C2=O)c1.NN.[H-].[Na+]. The molecular formula is C81H73N12NaO12. The molecule has 25 heteroatoms. The molecule has 0 aromatic heterocycles. The van der Waals surface area contributed by atoms with Crippen molar-refractivity contribution in [3.8, 4) is 24.3 Å². The number of nitriles is 4. The Morgan fingerprint density at radius 2 is 0.689 bits per heavy atom. The van der Waals surface area contributed by atoms with E-state index < -0.39 is 51.9 Å². The summed E-state index contributed by atoms with van der Waals surface area (Å²) in [5.74, 6) is 3.70. The van der Waals surface area contributed by atoms with Crippen molar-refractivity contribution in [3.05, 3.63) is 291 Å². The summed E-state index contributed by atoms with van der Waals surface area (Å²) in [5.41, 5.74) is 18.5. The summed E-state index contributed by atoms with van der Waals surface area (Å²) in [4.78, 5) is 125. The molecule has 4 heterocycles. The van der Waals surface area contributed by atoms with Crippen molar-refractivity contribution in [1.29, 1.82) is 21.0 Å². The van der Waals surface area contributed by atoms with E-state index >= 15 is 0 Å². The van der Waals surface area contributed by atoms with Crippen LogP contribution in [0.5, 0.6) is 0 Å². The number of nitrogen functional groups attached to an aromatic ring is 2. The minimum Gasteiger partial charge on any atom is -1.00 e. The zero-order chi connectivity index (χ0) is 77.1. The quantitative estimate of drug-likeness (QED) is 0.0279. The Bertz CT molecular complexity index is 4950. The number of fused-ring (bicyclic) bond motifs is 4. The van der Waals surface area contributed by atoms with Crippen molar-refractivity contribution in [2.24, 2.45) is 11.7 Å². The molecule has 24 nitrogen and oxygen atoms in total. The first-order valence-corrected chi connectivity index (χ1v) is 32.3. The number of benzene rings is 9. The van der Waals surface area contributed by atoms with Crippen LogP contribution < -0.4 is 67.4 Å². The Morgan fingerprint density at radius 1 is 0.406 bits per heavy atom. The third-order valence-electron chi connectivity index (χ3n) is 16.7. The number of rotatable bonds is 10. The second-order valence-electron chi connectivity index (χ2n) is 24.9. The number of anilines is 5. The van der Waals surface area contributed by atoms with E-state index in [1.54, 1.807) is 192 Å². The molecule has 9 N–H and O–H groups in total. The topological polar surface area (TPSA) is 412 Å². The normalized spacial score (nSPS) is 12.7. The third kappa shape index (κ3) is 18.4. The number of imide groups is 6. The minimum atomic E-state index is -1.12. The monoisotopic (exact) mass is 1430 g/mol. The van der Waals surface area contributed by atoms with Crippen LogP contribution in [0.2, 0.25) is 0 Å². The third-order valence-corrected chi connectivity index (χ3v) is 16.7. The number of carbonyl (C=O) groups excluding carboxylic acids is 9. The molecule has 0 saturated carbocycles. The molecule has 106 heavy (non-hydrogen) atoms. The van der Waals surface area contributed by atoms with E-state index in [-0.39, 0.29) is 78.8 Å². The van der Waals surface area contributed by atoms with E-state index in [0.717, 1.165) is 32.1 Å². The van der Waals surface area contributed by atoms with Crippen LogP contribution in [0.25, 0.3) is 0 Å². The molecule has 9 amide bonds. The number of hydrazine groups is 1. The predicted molar refractivity (Wildman–Crippen MR) is 394 cm³/mol. The predicted octanol–water partition coefficient (Wildman–Crippen LogP) is 9.47. The van der Waals surface area contributed by atoms with Gasteiger partial charge in [0.15, 0.2) is 0 Å². The minimum absolute atomic E-state index is 0. The Labute approximate surface area is 635 Å². The number of aliphatic carboxylic acids is 1. The van der Waals surface area contributed by atoms with E-state index in [1.165, 1.54) is 17.0 Å². The fourth-order valence-corrected chi connectivity index (χ4v) is 10.8. The Kier molecular flexibility index (Phi) is 28.0. The number of hydrogen-bond acceptors (Lipinski definition) is 19. The fourth-order valence-electron chi connectivity index (χ4n) is 10.8. The van der Waals surface area contributed by atoms with Crippen molar-refractivity contribution in [3.63, 3.8) is 0 Å². The van der Waals surface area contributed by atoms with E-state index in [1.807, 2.05) is 62.4 Å². The molecular weight excluding hydrogens is 1360 g/mol. The molecule has 0 atom stereocenters. The fraction of sp³-hybridized carbons (Fsp3) is 0.160. The molecule has 4 aliphatic rings. The Hall–Kier alpha value is -13.0. The second-order valence-corrected chi connectivity index (χ2v) is 24.9. The number of amides is 9. The maximum atomic E-state index is 12.5. The van der Waals surface area contributed by atoms with E-state index in [4.69, 9.17) is 27.3 Å². The molecule has 0 aliphatic carbocycles. The van der Waals surface area contributed by atoms with Gasteiger partial charge in [0, 0.05) is 11.4 Å². The number of ether oxygens (including phenoxy) is 1. The second kappa shape index (κ2) is 36.2. The van der Waals surface area contributed by atoms with Gasteiger partial charge in [0.1, 0.15) is 0 Å². The largest absolute Gasteiger partial charge is 1.00 e. The van der Waals surface area contributed by atoms with Gasteiger partial charge in [0.2, 0.25) is 0 Å². The molecule has 0 fully saturated rings. The van der Waals surface area contributed by atoms with Gasteiger partial charge in [0.05, 0.1) is 122 Å². The summed E-state index contributed by atoms with van der Waals surface area (Å²) in [6.07, 6.45) is -0.240. The van der Waals surface area contributed by atoms with Crippen molar-refractivity contribution in [2.45, 2.75) is 77.6 Å². The first kappa shape index (κ1) is 81.9. The number of nitrogens with zero attached hydrogens (tertiary/aromatic N) is 8. The standard InChI is InChI=1S/C18H14N2O2.C18H15NO4.C16H10N2O2.C11H9NO4.C10H12N2.C8H8N2.H4N2.Na.H/c1-18(2,11-19)12-6-5-7-13(10-12)20-16(21)14-8-3-4-9-15(14)17(20)22;1-18(2,17(22)23)11-6-5-7-12(10-11)19-15(20)13-8-3-4-9-14(13)16(19)21;17-9-8-11-4-3-5-12(10-11)18-15(19)13-6-1-2-7-14(13)16(18)20;1-2-16-11(15)12-9(13)7-5-3-4-6-8(7)10(12)14;1-10(2,7-11)8-4-3-5-9(12)6-8;9-5-4-7-2-1-3-8(10)6-7;1-2;;/h3-10H,1-2H3;3-10H,1-2H3,(H,22,23);1-7,10H,8H2;3-6H,2H2,1H3;3-6H,12H2,1-2H3;1-3,6H,4,10H2;1-2H2;;/q;;;;;;;+1;-1. The van der Waals surface area contributed by atoms with Crippen molar-refractivity contribution >= 4 is 87.8 Å². The zero-order valence-corrected chi connectivity index (χ0v) is 61.2. The van der Waals surface area contributed by atoms with Gasteiger partial charge in [-0.05, 0) is 185 Å². The number of carboxylic acid groups (broad SMARTS) is 1. The first-order chi connectivity index (χ1) is 50.1. The van der Waals surface area contributed by atoms with Gasteiger partial charge < -0.3 is 22.7 Å². The molecule has 0 unspecified atom stereocenters. The van der Waals surface area contributed by atoms with Gasteiger partial charge in [-0.25, -0.2) is 19.5 Å². The van der Waals surface area contributed by atoms with Crippen LogP contribution >= 0.6 is 0 Å². The summed E-state index contributed by atoms with van der Waals surface area (Å²) in [6.45, 7) is 12.2. The van der Waals surface area contributed by atoms with Crippen molar-refractivity contribution in [1.82, 2.24) is 4.90 Å². The van der Waals surface area contributed by atoms with Gasteiger partial charge in [-0.2, -0.15) is 25.9 Å². The van der Waals surface area contributed by atoms with Gasteiger partial charge >= 0.3 is 41.6 Å². The number of nitrogens with two attached hydrogens (primary N) is 4. The molecule has 0 spiro atoms. The van der Waals surface area contributed by atoms with E-state index in [0.29, 0.717) is 78.7 Å². The van der Waals surface area contributed by atoms with Crippen LogP contribution in [-0.2, 0) is 38.6 Å². The maximum absolute atomic E-state index is 12.5. The van der Waals surface area contributed by atoms with Gasteiger partial charge in [-0.15, -0.1) is 0 Å². The van der Waals surface area contributed by atoms with Gasteiger partial charge in [-0.3, -0.25) is 54.8 Å². The number of carbonyl (C=O) groups is 10. The summed E-state index contributed by atoms with van der Waals surface area (Å²) in [6, 6.07) is 70.3. The molecule has 530 valence electrons. The van der Waals surface area contributed by atoms with Crippen LogP contribution in [0.15, 0.2) is 218 Å². The van der Waals surface area contributed by atoms with Crippen molar-refractivity contribution < 1.29 is 88.8 Å². The summed E-state index contributed by atoms with van der Waals surface area (Å²) in [5, 5.41) is 44.5. The van der Waals surface area contributed by atoms with Crippen molar-refractivity contribution in [2.75, 3.05) is 32.8 Å². The van der Waals surface area contributed by atoms with E-state index in [9.17, 15) is 58.3 Å². The molecule has 4 aliphatic heterocycles. The summed E-state index contributed by atoms with van der Waals surface area (Å²) < 4.78 is 4.64. The summed E-state index contributed by atoms with van der Waals surface area (Å²) >= 11 is 0. The zero-order valence-electron chi connectivity index (χ0n) is 60.2. The first-order valence-electron chi connectivity index (χ1n) is 32.3. The van der Waals surface area contributed by atoms with Crippen LogP contribution in [0.3, 0.4) is 0 Å². The Balaban J connectivity index is 0.000000233.